The zero-order chi connectivity index (χ0) is 13.5. The van der Waals surface area contributed by atoms with Crippen LogP contribution in [0.2, 0.25) is 0 Å². The summed E-state index contributed by atoms with van der Waals surface area (Å²) in [6.45, 7) is 7.21. The summed E-state index contributed by atoms with van der Waals surface area (Å²) in [5.41, 5.74) is 0. The Morgan fingerprint density at radius 2 is 2.26 bits per heavy atom. The molecule has 1 atom stereocenters. The smallest absolute Gasteiger partial charge is 0.244 e. The molecule has 1 N–H and O–H groups in total. The Kier molecular flexibility index (Phi) is 5.35. The maximum Gasteiger partial charge on any atom is 0.244 e. The van der Waals surface area contributed by atoms with Gasteiger partial charge < -0.3 is 10.1 Å². The standard InChI is InChI=1S/C13H22N4O2/c1-12(17-7-3-5-15-17)13(18)14-4-2-6-16-8-10-19-11-9-16/h3,5,7,12H,2,4,6,8-11H2,1H3,(H,14,18). The van der Waals surface area contributed by atoms with Gasteiger partial charge in [0.05, 0.1) is 13.2 Å². The van der Waals surface area contributed by atoms with Crippen LogP contribution in [-0.2, 0) is 9.53 Å². The molecule has 2 heterocycles. The van der Waals surface area contributed by atoms with Crippen molar-refractivity contribution in [2.45, 2.75) is 19.4 Å². The fourth-order valence-electron chi connectivity index (χ4n) is 2.12. The first-order valence-corrected chi connectivity index (χ1v) is 6.84. The van der Waals surface area contributed by atoms with Crippen LogP contribution in [0.25, 0.3) is 0 Å². The number of carbonyl (C=O) groups excluding carboxylic acids is 1. The molecule has 0 radical (unpaired) electrons. The lowest BCUT2D eigenvalue weighted by molar-refractivity contribution is -0.124. The van der Waals surface area contributed by atoms with E-state index in [0.717, 1.165) is 39.3 Å². The SMILES string of the molecule is CC(C(=O)NCCCN1CCOCC1)n1cccn1. The van der Waals surface area contributed by atoms with Gasteiger partial charge in [0.2, 0.25) is 5.91 Å². The molecular weight excluding hydrogens is 244 g/mol. The van der Waals surface area contributed by atoms with E-state index in [-0.39, 0.29) is 11.9 Å². The maximum absolute atomic E-state index is 11.9. The van der Waals surface area contributed by atoms with Crippen molar-refractivity contribution in [2.24, 2.45) is 0 Å². The lowest BCUT2D eigenvalue weighted by Crippen LogP contribution is -2.38. The van der Waals surface area contributed by atoms with Gasteiger partial charge in [0.1, 0.15) is 6.04 Å². The molecule has 0 saturated carbocycles. The molecule has 1 amide bonds. The van der Waals surface area contributed by atoms with E-state index in [4.69, 9.17) is 4.74 Å². The van der Waals surface area contributed by atoms with Gasteiger partial charge in [-0.2, -0.15) is 5.10 Å². The van der Waals surface area contributed by atoms with Crippen molar-refractivity contribution in [3.63, 3.8) is 0 Å². The molecule has 106 valence electrons. The maximum atomic E-state index is 11.9. The van der Waals surface area contributed by atoms with E-state index in [1.807, 2.05) is 13.0 Å². The molecule has 1 aliphatic rings. The average molecular weight is 266 g/mol. The highest BCUT2D eigenvalue weighted by Crippen LogP contribution is 2.03. The molecule has 19 heavy (non-hydrogen) atoms. The number of hydrogen-bond donors (Lipinski definition) is 1. The lowest BCUT2D eigenvalue weighted by Gasteiger charge is -2.26. The van der Waals surface area contributed by atoms with Crippen LogP contribution in [-0.4, -0.2) is 60.0 Å². The van der Waals surface area contributed by atoms with Gasteiger partial charge in [0.15, 0.2) is 0 Å². The Bertz CT molecular complexity index is 374. The summed E-state index contributed by atoms with van der Waals surface area (Å²) in [5.74, 6) is 0.0191. The monoisotopic (exact) mass is 266 g/mol. The first-order chi connectivity index (χ1) is 9.27. The fourth-order valence-corrected chi connectivity index (χ4v) is 2.12. The molecule has 1 aliphatic heterocycles. The van der Waals surface area contributed by atoms with Crippen molar-refractivity contribution in [3.8, 4) is 0 Å². The molecule has 1 aromatic heterocycles. The topological polar surface area (TPSA) is 59.4 Å². The predicted molar refractivity (Wildman–Crippen MR) is 71.8 cm³/mol. The van der Waals surface area contributed by atoms with Crippen LogP contribution in [0.15, 0.2) is 18.5 Å². The number of nitrogens with one attached hydrogen (secondary N) is 1. The van der Waals surface area contributed by atoms with E-state index < -0.39 is 0 Å². The third-order valence-electron chi connectivity index (χ3n) is 3.36. The van der Waals surface area contributed by atoms with Crippen LogP contribution in [0.5, 0.6) is 0 Å². The first kappa shape index (κ1) is 14.0. The van der Waals surface area contributed by atoms with Gasteiger partial charge in [-0.15, -0.1) is 0 Å². The number of amides is 1. The second kappa shape index (κ2) is 7.25. The quantitative estimate of drug-likeness (QED) is 0.752. The van der Waals surface area contributed by atoms with E-state index in [2.05, 4.69) is 15.3 Å². The number of morpholine rings is 1. The van der Waals surface area contributed by atoms with Crippen LogP contribution in [0.4, 0.5) is 0 Å². The number of aromatic nitrogens is 2. The van der Waals surface area contributed by atoms with Gasteiger partial charge in [-0.05, 0) is 26.0 Å². The Morgan fingerprint density at radius 3 is 2.95 bits per heavy atom. The van der Waals surface area contributed by atoms with Crippen LogP contribution in [0.1, 0.15) is 19.4 Å². The molecule has 0 aliphatic carbocycles. The van der Waals surface area contributed by atoms with Gasteiger partial charge in [0, 0.05) is 32.0 Å². The highest BCUT2D eigenvalue weighted by atomic mass is 16.5. The minimum atomic E-state index is -0.251. The van der Waals surface area contributed by atoms with Crippen molar-refractivity contribution < 1.29 is 9.53 Å². The highest BCUT2D eigenvalue weighted by molar-refractivity contribution is 5.79. The van der Waals surface area contributed by atoms with Crippen LogP contribution in [0.3, 0.4) is 0 Å². The summed E-state index contributed by atoms with van der Waals surface area (Å²) < 4.78 is 6.96. The number of rotatable bonds is 6. The van der Waals surface area contributed by atoms with Gasteiger partial charge in [-0.25, -0.2) is 0 Å². The molecule has 2 rings (SSSR count). The number of nitrogens with zero attached hydrogens (tertiary/aromatic N) is 3. The van der Waals surface area contributed by atoms with Crippen LogP contribution in [0, 0.1) is 0 Å². The van der Waals surface area contributed by atoms with E-state index in [1.165, 1.54) is 0 Å². The van der Waals surface area contributed by atoms with Gasteiger partial charge >= 0.3 is 0 Å². The summed E-state index contributed by atoms with van der Waals surface area (Å²) >= 11 is 0. The number of ether oxygens (including phenoxy) is 1. The molecule has 1 aromatic rings. The van der Waals surface area contributed by atoms with E-state index in [0.29, 0.717) is 6.54 Å². The zero-order valence-electron chi connectivity index (χ0n) is 11.4. The Balaban J connectivity index is 1.61. The molecular formula is C13H22N4O2. The molecule has 1 fully saturated rings. The van der Waals surface area contributed by atoms with Crippen molar-refractivity contribution in [3.05, 3.63) is 18.5 Å². The van der Waals surface area contributed by atoms with Crippen molar-refractivity contribution >= 4 is 5.91 Å². The third kappa shape index (κ3) is 4.33. The fraction of sp³-hybridized carbons (Fsp3) is 0.692. The minimum Gasteiger partial charge on any atom is -0.379 e. The average Bonchev–Trinajstić information content (AvgIpc) is 2.98. The molecule has 6 heteroatoms. The number of hydrogen-bond acceptors (Lipinski definition) is 4. The molecule has 0 spiro atoms. The Labute approximate surface area is 113 Å². The predicted octanol–water partition coefficient (Wildman–Crippen LogP) is 0.283. The van der Waals surface area contributed by atoms with Gasteiger partial charge in [-0.3, -0.25) is 14.4 Å². The Hall–Kier alpha value is -1.40. The van der Waals surface area contributed by atoms with Crippen molar-refractivity contribution in [1.29, 1.82) is 0 Å². The summed E-state index contributed by atoms with van der Waals surface area (Å²) in [7, 11) is 0. The minimum absolute atomic E-state index is 0.0191. The molecule has 1 unspecified atom stereocenters. The van der Waals surface area contributed by atoms with Crippen molar-refractivity contribution in [2.75, 3.05) is 39.4 Å². The lowest BCUT2D eigenvalue weighted by atomic mass is 10.3. The van der Waals surface area contributed by atoms with E-state index in [9.17, 15) is 4.79 Å². The van der Waals surface area contributed by atoms with Crippen LogP contribution >= 0.6 is 0 Å². The first-order valence-electron chi connectivity index (χ1n) is 6.84. The summed E-state index contributed by atoms with van der Waals surface area (Å²) in [6.07, 6.45) is 4.46. The molecule has 6 nitrogen and oxygen atoms in total. The van der Waals surface area contributed by atoms with E-state index in [1.54, 1.807) is 17.1 Å². The highest BCUT2D eigenvalue weighted by Gasteiger charge is 2.14. The molecule has 0 aromatic carbocycles. The molecule has 0 bridgehead atoms. The number of carbonyl (C=O) groups is 1. The van der Waals surface area contributed by atoms with Gasteiger partial charge in [0.25, 0.3) is 0 Å². The van der Waals surface area contributed by atoms with E-state index >= 15 is 0 Å². The summed E-state index contributed by atoms with van der Waals surface area (Å²) in [4.78, 5) is 14.3. The second-order valence-electron chi connectivity index (χ2n) is 4.76. The normalized spacial score (nSPS) is 18.2. The third-order valence-corrected chi connectivity index (χ3v) is 3.36. The summed E-state index contributed by atoms with van der Waals surface area (Å²) in [5, 5.41) is 7.03. The van der Waals surface area contributed by atoms with Crippen molar-refractivity contribution in [1.82, 2.24) is 20.0 Å². The molecule has 1 saturated heterocycles. The van der Waals surface area contributed by atoms with Gasteiger partial charge in [-0.1, -0.05) is 0 Å². The van der Waals surface area contributed by atoms with Crippen LogP contribution < -0.4 is 5.32 Å². The zero-order valence-corrected chi connectivity index (χ0v) is 11.4. The second-order valence-corrected chi connectivity index (χ2v) is 4.76. The largest absolute Gasteiger partial charge is 0.379 e. The summed E-state index contributed by atoms with van der Waals surface area (Å²) in [6, 6.07) is 1.57. The Morgan fingerprint density at radius 1 is 1.47 bits per heavy atom.